The molecule has 0 saturated heterocycles. The number of ether oxygens (including phenoxy) is 1. The van der Waals surface area contributed by atoms with Crippen molar-refractivity contribution in [2.75, 3.05) is 11.9 Å². The van der Waals surface area contributed by atoms with Crippen molar-refractivity contribution in [3.63, 3.8) is 0 Å². The Hall–Kier alpha value is -2.40. The lowest BCUT2D eigenvalue weighted by Crippen LogP contribution is -2.69. The van der Waals surface area contributed by atoms with Crippen molar-refractivity contribution in [3.8, 4) is 0 Å². The molecule has 2 N–H and O–H groups in total. The van der Waals surface area contributed by atoms with Gasteiger partial charge in [0.05, 0.1) is 17.2 Å². The number of amides is 1. The highest BCUT2D eigenvalue weighted by atomic mass is 35.5. The number of hydrogen-bond donors (Lipinski definition) is 2. The van der Waals surface area contributed by atoms with Crippen LogP contribution in [0.5, 0.6) is 0 Å². The Bertz CT molecular complexity index is 846. The van der Waals surface area contributed by atoms with E-state index in [2.05, 4.69) is 14.9 Å². The molecular weight excluding hydrogens is 409 g/mol. The van der Waals surface area contributed by atoms with E-state index < -0.39 is 23.7 Å². The van der Waals surface area contributed by atoms with Gasteiger partial charge in [0.15, 0.2) is 0 Å². The lowest BCUT2D eigenvalue weighted by atomic mass is 10.1. The van der Waals surface area contributed by atoms with Crippen molar-refractivity contribution in [1.29, 1.82) is 0 Å². The number of rotatable bonds is 6. The number of carbonyl (C=O) groups is 2. The summed E-state index contributed by atoms with van der Waals surface area (Å²) in [5, 5.41) is 10.7. The first-order valence-electron chi connectivity index (χ1n) is 7.50. The molecule has 1 amide bonds. The molecule has 27 heavy (non-hydrogen) atoms. The van der Waals surface area contributed by atoms with E-state index in [4.69, 9.17) is 11.6 Å². The monoisotopic (exact) mass is 422 g/mol. The molecule has 12 heteroatoms. The van der Waals surface area contributed by atoms with E-state index >= 15 is 0 Å². The summed E-state index contributed by atoms with van der Waals surface area (Å²) in [6.07, 6.45) is -5.27. The second-order valence-corrected chi connectivity index (χ2v) is 6.74. The first-order chi connectivity index (χ1) is 12.6. The van der Waals surface area contributed by atoms with E-state index in [1.807, 2.05) is 5.32 Å². The van der Waals surface area contributed by atoms with Crippen LogP contribution in [0.4, 0.5) is 18.3 Å². The Morgan fingerprint density at radius 2 is 1.93 bits per heavy atom. The van der Waals surface area contributed by atoms with E-state index in [-0.39, 0.29) is 22.3 Å². The minimum absolute atomic E-state index is 0.0818. The molecule has 1 aromatic carbocycles. The van der Waals surface area contributed by atoms with Gasteiger partial charge < -0.3 is 15.4 Å². The fourth-order valence-corrected chi connectivity index (χ4v) is 2.89. The average Bonchev–Trinajstić information content (AvgIpc) is 2.98. The highest BCUT2D eigenvalue weighted by Crippen LogP contribution is 2.34. The van der Waals surface area contributed by atoms with Crippen molar-refractivity contribution in [2.45, 2.75) is 25.7 Å². The molecule has 2 rings (SSSR count). The number of alkyl halides is 3. The predicted molar refractivity (Wildman–Crippen MR) is 92.6 cm³/mol. The van der Waals surface area contributed by atoms with E-state index in [1.165, 1.54) is 38.1 Å². The molecule has 2 aromatic rings. The van der Waals surface area contributed by atoms with Crippen molar-refractivity contribution in [2.24, 2.45) is 0 Å². The molecule has 0 aliphatic heterocycles. The van der Waals surface area contributed by atoms with Crippen molar-refractivity contribution >= 4 is 39.9 Å². The molecule has 146 valence electrons. The number of nitrogens with one attached hydrogen (secondary N) is 2. The first kappa shape index (κ1) is 20.9. The summed E-state index contributed by atoms with van der Waals surface area (Å²) in [5.41, 5.74) is -3.82. The third-order valence-corrected chi connectivity index (χ3v) is 4.33. The molecule has 1 aromatic heterocycles. The number of hydrogen-bond acceptors (Lipinski definition) is 7. The maximum absolute atomic E-state index is 14.0. The Kier molecular flexibility index (Phi) is 6.26. The molecule has 0 radical (unpaired) electrons. The van der Waals surface area contributed by atoms with Crippen molar-refractivity contribution < 1.29 is 27.5 Å². The standard InChI is InChI=1S/C15H14ClF3N4O3S/c1-3-26-12(25)14(15(17,18)19,21-13-23-22-8(2)27-13)20-11(24)9-6-4-5-7-10(9)16/h4-7H,3H2,1-2H3,(H,20,24)(H,21,23). The Labute approximate surface area is 160 Å². The summed E-state index contributed by atoms with van der Waals surface area (Å²) in [5.74, 6) is -2.97. The lowest BCUT2D eigenvalue weighted by molar-refractivity contribution is -0.204. The van der Waals surface area contributed by atoms with Crippen molar-refractivity contribution in [3.05, 3.63) is 39.9 Å². The van der Waals surface area contributed by atoms with Crippen LogP contribution in [0, 0.1) is 6.92 Å². The summed E-state index contributed by atoms with van der Waals surface area (Å²) in [6.45, 7) is 2.52. The van der Waals surface area contributed by atoms with Gasteiger partial charge >= 0.3 is 17.8 Å². The van der Waals surface area contributed by atoms with Gasteiger partial charge in [-0.15, -0.1) is 10.2 Å². The van der Waals surface area contributed by atoms with Crippen LogP contribution in [0.25, 0.3) is 0 Å². The minimum atomic E-state index is -5.27. The van der Waals surface area contributed by atoms with Gasteiger partial charge in [-0.05, 0) is 26.0 Å². The maximum atomic E-state index is 14.0. The Morgan fingerprint density at radius 1 is 1.26 bits per heavy atom. The number of aryl methyl sites for hydroxylation is 1. The highest BCUT2D eigenvalue weighted by Gasteiger charge is 2.64. The molecule has 0 bridgehead atoms. The molecular formula is C15H14ClF3N4O3S. The van der Waals surface area contributed by atoms with Crippen molar-refractivity contribution in [1.82, 2.24) is 15.5 Å². The molecule has 0 spiro atoms. The zero-order valence-corrected chi connectivity index (χ0v) is 15.6. The fourth-order valence-electron chi connectivity index (χ4n) is 2.02. The zero-order chi connectivity index (χ0) is 20.2. The smallest absolute Gasteiger partial charge is 0.442 e. The number of benzene rings is 1. The number of nitrogens with zero attached hydrogens (tertiary/aromatic N) is 2. The zero-order valence-electron chi connectivity index (χ0n) is 14.1. The van der Waals surface area contributed by atoms with Gasteiger partial charge in [-0.1, -0.05) is 35.1 Å². The van der Waals surface area contributed by atoms with Crippen LogP contribution in [0.15, 0.2) is 24.3 Å². The molecule has 7 nitrogen and oxygen atoms in total. The van der Waals surface area contributed by atoms with Gasteiger partial charge in [-0.2, -0.15) is 13.2 Å². The number of aromatic nitrogens is 2. The predicted octanol–water partition coefficient (Wildman–Crippen LogP) is 3.16. The summed E-state index contributed by atoms with van der Waals surface area (Å²) in [4.78, 5) is 24.7. The SMILES string of the molecule is CCOC(=O)C(NC(=O)c1ccccc1Cl)(Nc1nnc(C)s1)C(F)(F)F. The van der Waals surface area contributed by atoms with E-state index in [9.17, 15) is 22.8 Å². The minimum Gasteiger partial charge on any atom is -0.463 e. The molecule has 0 fully saturated rings. The summed E-state index contributed by atoms with van der Waals surface area (Å²) < 4.78 is 46.5. The van der Waals surface area contributed by atoms with Gasteiger partial charge in [-0.3, -0.25) is 4.79 Å². The molecule has 1 unspecified atom stereocenters. The van der Waals surface area contributed by atoms with Crippen LogP contribution in [0.1, 0.15) is 22.3 Å². The van der Waals surface area contributed by atoms with Crippen LogP contribution in [-0.4, -0.2) is 40.5 Å². The van der Waals surface area contributed by atoms with Gasteiger partial charge in [0.1, 0.15) is 5.01 Å². The Balaban J connectivity index is 2.50. The number of esters is 1. The quantitative estimate of drug-likeness (QED) is 0.548. The maximum Gasteiger partial charge on any atom is 0.442 e. The first-order valence-corrected chi connectivity index (χ1v) is 8.69. The lowest BCUT2D eigenvalue weighted by Gasteiger charge is -2.34. The fraction of sp³-hybridized carbons (Fsp3) is 0.333. The third kappa shape index (κ3) is 4.48. The number of halogens is 4. The van der Waals surface area contributed by atoms with Crippen LogP contribution < -0.4 is 10.6 Å². The van der Waals surface area contributed by atoms with E-state index in [0.29, 0.717) is 5.01 Å². The van der Waals surface area contributed by atoms with Gasteiger partial charge in [0, 0.05) is 0 Å². The molecule has 0 aliphatic carbocycles. The number of carbonyl (C=O) groups excluding carboxylic acids is 2. The average molecular weight is 423 g/mol. The second-order valence-electron chi connectivity index (χ2n) is 5.15. The van der Waals surface area contributed by atoms with Gasteiger partial charge in [0.25, 0.3) is 5.91 Å². The molecule has 1 atom stereocenters. The van der Waals surface area contributed by atoms with Crippen LogP contribution >= 0.6 is 22.9 Å². The summed E-state index contributed by atoms with van der Waals surface area (Å²) >= 11 is 6.64. The Morgan fingerprint density at radius 3 is 2.44 bits per heavy atom. The highest BCUT2D eigenvalue weighted by molar-refractivity contribution is 7.15. The topological polar surface area (TPSA) is 93.2 Å². The van der Waals surface area contributed by atoms with Crippen LogP contribution in [0.2, 0.25) is 5.02 Å². The van der Waals surface area contributed by atoms with Crippen LogP contribution in [0.3, 0.4) is 0 Å². The molecule has 0 aliphatic rings. The van der Waals surface area contributed by atoms with E-state index in [0.717, 1.165) is 11.3 Å². The summed E-state index contributed by atoms with van der Waals surface area (Å²) in [6, 6.07) is 5.47. The van der Waals surface area contributed by atoms with E-state index in [1.54, 1.807) is 5.32 Å². The normalized spacial score (nSPS) is 13.6. The largest absolute Gasteiger partial charge is 0.463 e. The van der Waals surface area contributed by atoms with Crippen LogP contribution in [-0.2, 0) is 9.53 Å². The molecule has 0 saturated carbocycles. The van der Waals surface area contributed by atoms with Gasteiger partial charge in [0.2, 0.25) is 5.13 Å². The third-order valence-electron chi connectivity index (χ3n) is 3.25. The molecule has 1 heterocycles. The second kappa shape index (κ2) is 8.09. The van der Waals surface area contributed by atoms with Gasteiger partial charge in [-0.25, -0.2) is 4.79 Å². The number of anilines is 1. The summed E-state index contributed by atoms with van der Waals surface area (Å²) in [7, 11) is 0.